The summed E-state index contributed by atoms with van der Waals surface area (Å²) in [6.07, 6.45) is -7.24. The van der Waals surface area contributed by atoms with Gasteiger partial charge in [0.25, 0.3) is 0 Å². The van der Waals surface area contributed by atoms with Crippen molar-refractivity contribution >= 4 is 5.91 Å². The molecule has 3 aliphatic carbocycles. The molecule has 166 valence electrons. The molecule has 2 unspecified atom stereocenters. The first-order valence-corrected chi connectivity index (χ1v) is 10.2. The Kier molecular flexibility index (Phi) is 5.09. The zero-order chi connectivity index (χ0) is 21.9. The predicted molar refractivity (Wildman–Crippen MR) is 94.4 cm³/mol. The van der Waals surface area contributed by atoms with Crippen molar-refractivity contribution in [3.05, 3.63) is 34.9 Å². The lowest BCUT2D eigenvalue weighted by Crippen LogP contribution is -2.50. The second kappa shape index (κ2) is 7.12. The van der Waals surface area contributed by atoms with E-state index in [1.54, 1.807) is 0 Å². The normalized spacial score (nSPS) is 27.2. The molecule has 0 spiro atoms. The van der Waals surface area contributed by atoms with E-state index in [1.807, 2.05) is 0 Å². The van der Waals surface area contributed by atoms with Crippen molar-refractivity contribution in [1.82, 2.24) is 5.32 Å². The topological polar surface area (TPSA) is 29.1 Å². The summed E-state index contributed by atoms with van der Waals surface area (Å²) >= 11 is 0. The molecule has 3 aliphatic rings. The summed E-state index contributed by atoms with van der Waals surface area (Å²) in [5, 5.41) is 3.04. The molecule has 1 amide bonds. The van der Waals surface area contributed by atoms with E-state index in [4.69, 9.17) is 0 Å². The first kappa shape index (κ1) is 21.4. The van der Waals surface area contributed by atoms with Crippen molar-refractivity contribution in [3.63, 3.8) is 0 Å². The molecule has 2 fully saturated rings. The van der Waals surface area contributed by atoms with Gasteiger partial charge in [-0.2, -0.15) is 26.3 Å². The smallest absolute Gasteiger partial charge is 0.353 e. The van der Waals surface area contributed by atoms with Crippen molar-refractivity contribution in [1.29, 1.82) is 0 Å². The zero-order valence-corrected chi connectivity index (χ0v) is 16.0. The molecule has 1 N–H and O–H groups in total. The third kappa shape index (κ3) is 3.28. The average molecular weight is 437 g/mol. The minimum absolute atomic E-state index is 0.00351. The van der Waals surface area contributed by atoms with Crippen molar-refractivity contribution < 1.29 is 35.5 Å². The molecule has 0 bridgehead atoms. The van der Waals surface area contributed by atoms with Gasteiger partial charge in [-0.15, -0.1) is 0 Å². The van der Waals surface area contributed by atoms with Crippen LogP contribution in [0.25, 0.3) is 0 Å². The Morgan fingerprint density at radius 3 is 2.13 bits per heavy atom. The molecule has 0 heterocycles. The van der Waals surface area contributed by atoms with E-state index < -0.39 is 23.6 Å². The van der Waals surface area contributed by atoms with Crippen LogP contribution in [-0.4, -0.2) is 24.3 Å². The Hall–Kier alpha value is -1.80. The van der Waals surface area contributed by atoms with E-state index in [-0.39, 0.29) is 36.1 Å². The SMILES string of the molecule is O=C(NC1CCC1)[C@@H]1CCC2c3ccc(C(F)(C(F)(F)F)C(F)(F)F)cc3CCC21. The highest BCUT2D eigenvalue weighted by atomic mass is 19.4. The summed E-state index contributed by atoms with van der Waals surface area (Å²) in [4.78, 5) is 12.6. The van der Waals surface area contributed by atoms with Crippen molar-refractivity contribution in [2.45, 2.75) is 74.9 Å². The summed E-state index contributed by atoms with van der Waals surface area (Å²) < 4.78 is 92.8. The van der Waals surface area contributed by atoms with Gasteiger partial charge in [0, 0.05) is 17.5 Å². The molecule has 0 saturated heterocycles. The number of carbonyl (C=O) groups is 1. The van der Waals surface area contributed by atoms with Crippen LogP contribution in [0.4, 0.5) is 30.7 Å². The third-order valence-corrected chi connectivity index (χ3v) is 7.08. The molecule has 4 rings (SSSR count). The molecule has 9 heteroatoms. The zero-order valence-electron chi connectivity index (χ0n) is 16.0. The average Bonchev–Trinajstić information content (AvgIpc) is 3.06. The van der Waals surface area contributed by atoms with E-state index in [2.05, 4.69) is 5.32 Å². The molecule has 0 aromatic heterocycles. The van der Waals surface area contributed by atoms with Crippen LogP contribution in [0.3, 0.4) is 0 Å². The highest BCUT2D eigenvalue weighted by molar-refractivity contribution is 5.80. The number of alkyl halides is 7. The van der Waals surface area contributed by atoms with Crippen molar-refractivity contribution in [2.24, 2.45) is 11.8 Å². The molecule has 30 heavy (non-hydrogen) atoms. The lowest BCUT2D eigenvalue weighted by molar-refractivity contribution is -0.348. The van der Waals surface area contributed by atoms with E-state index in [0.717, 1.165) is 19.3 Å². The van der Waals surface area contributed by atoms with Crippen LogP contribution in [0, 0.1) is 11.8 Å². The van der Waals surface area contributed by atoms with E-state index in [1.165, 1.54) is 6.07 Å². The fourth-order valence-corrected chi connectivity index (χ4v) is 5.25. The minimum Gasteiger partial charge on any atom is -0.353 e. The first-order valence-electron chi connectivity index (χ1n) is 10.2. The quantitative estimate of drug-likeness (QED) is 0.604. The van der Waals surface area contributed by atoms with Gasteiger partial charge in [-0.3, -0.25) is 4.79 Å². The number of carbonyl (C=O) groups excluding carboxylic acids is 1. The first-order chi connectivity index (χ1) is 13.9. The van der Waals surface area contributed by atoms with Gasteiger partial charge in [0.15, 0.2) is 0 Å². The number of hydrogen-bond acceptors (Lipinski definition) is 1. The third-order valence-electron chi connectivity index (χ3n) is 7.08. The predicted octanol–water partition coefficient (Wildman–Crippen LogP) is 5.70. The number of fused-ring (bicyclic) bond motifs is 3. The van der Waals surface area contributed by atoms with Crippen molar-refractivity contribution in [3.8, 4) is 0 Å². The number of hydrogen-bond donors (Lipinski definition) is 1. The molecular weight excluding hydrogens is 415 g/mol. The highest BCUT2D eigenvalue weighted by Gasteiger charge is 2.73. The van der Waals surface area contributed by atoms with Gasteiger partial charge < -0.3 is 5.32 Å². The molecule has 1 aromatic carbocycles. The fourth-order valence-electron chi connectivity index (χ4n) is 5.25. The Labute approximate surface area is 169 Å². The molecule has 0 aliphatic heterocycles. The van der Waals surface area contributed by atoms with Crippen LogP contribution in [0.15, 0.2) is 18.2 Å². The second-order valence-electron chi connectivity index (χ2n) is 8.70. The van der Waals surface area contributed by atoms with Gasteiger partial charge in [-0.25, -0.2) is 4.39 Å². The minimum atomic E-state index is -6.12. The van der Waals surface area contributed by atoms with E-state index >= 15 is 0 Å². The van der Waals surface area contributed by atoms with Gasteiger partial charge in [-0.05, 0) is 67.9 Å². The standard InChI is InChI=1S/C21H22F7NO/c22-19(20(23,24)25,21(26,27)28)12-5-7-14-11(10-12)4-6-16-15(14)8-9-17(16)18(30)29-13-2-1-3-13/h5,7,10,13,15-17H,1-4,6,8-9H2,(H,29,30)/t15?,16?,17-/m1/s1. The van der Waals surface area contributed by atoms with E-state index in [0.29, 0.717) is 42.5 Å². The van der Waals surface area contributed by atoms with E-state index in [9.17, 15) is 35.5 Å². The Morgan fingerprint density at radius 1 is 0.900 bits per heavy atom. The maximum Gasteiger partial charge on any atom is 0.435 e. The summed E-state index contributed by atoms with van der Waals surface area (Å²) in [7, 11) is 0. The van der Waals surface area contributed by atoms with Gasteiger partial charge in [-0.1, -0.05) is 18.2 Å². The van der Waals surface area contributed by atoms with Gasteiger partial charge in [0.1, 0.15) is 0 Å². The summed E-state index contributed by atoms with van der Waals surface area (Å²) in [5.41, 5.74) is -5.89. The molecule has 2 saturated carbocycles. The van der Waals surface area contributed by atoms with Crippen molar-refractivity contribution in [2.75, 3.05) is 0 Å². The number of amides is 1. The highest BCUT2D eigenvalue weighted by Crippen LogP contribution is 2.55. The second-order valence-corrected chi connectivity index (χ2v) is 8.70. The lowest BCUT2D eigenvalue weighted by atomic mass is 9.73. The lowest BCUT2D eigenvalue weighted by Gasteiger charge is -2.35. The van der Waals surface area contributed by atoms with Crippen LogP contribution in [0.1, 0.15) is 61.1 Å². The Balaban J connectivity index is 1.60. The van der Waals surface area contributed by atoms with Gasteiger partial charge in [0.05, 0.1) is 0 Å². The van der Waals surface area contributed by atoms with Crippen LogP contribution in [-0.2, 0) is 16.9 Å². The number of benzene rings is 1. The number of rotatable bonds is 3. The fraction of sp³-hybridized carbons (Fsp3) is 0.667. The van der Waals surface area contributed by atoms with Gasteiger partial charge in [0.2, 0.25) is 5.91 Å². The summed E-state index contributed by atoms with van der Waals surface area (Å²) in [6.45, 7) is 0. The van der Waals surface area contributed by atoms with Crippen LogP contribution in [0.5, 0.6) is 0 Å². The van der Waals surface area contributed by atoms with Crippen LogP contribution < -0.4 is 5.32 Å². The van der Waals surface area contributed by atoms with Crippen LogP contribution >= 0.6 is 0 Å². The summed E-state index contributed by atoms with van der Waals surface area (Å²) in [6, 6.07) is 2.72. The number of aryl methyl sites for hydroxylation is 1. The molecule has 1 aromatic rings. The van der Waals surface area contributed by atoms with Crippen LogP contribution in [0.2, 0.25) is 0 Å². The Morgan fingerprint density at radius 2 is 1.57 bits per heavy atom. The number of halogens is 7. The maximum absolute atomic E-state index is 14.4. The molecular formula is C21H22F7NO. The van der Waals surface area contributed by atoms with Gasteiger partial charge >= 0.3 is 18.0 Å². The Bertz CT molecular complexity index is 814. The molecule has 0 radical (unpaired) electrons. The monoisotopic (exact) mass is 437 g/mol. The largest absolute Gasteiger partial charge is 0.435 e. The maximum atomic E-state index is 14.4. The number of nitrogens with one attached hydrogen (secondary N) is 1. The molecule has 2 nitrogen and oxygen atoms in total. The molecule has 3 atom stereocenters. The summed E-state index contributed by atoms with van der Waals surface area (Å²) in [5.74, 6) is -0.312.